The molecule has 0 bridgehead atoms. The molecule has 0 spiro atoms. The average Bonchev–Trinajstić information content (AvgIpc) is 2.89. The van der Waals surface area contributed by atoms with Crippen molar-refractivity contribution in [3.8, 4) is 5.75 Å². The van der Waals surface area contributed by atoms with Gasteiger partial charge in [0.05, 0.1) is 18.3 Å². The molecule has 1 atom stereocenters. The average molecular weight is 301 g/mol. The molecule has 0 aliphatic carbocycles. The molecule has 0 fully saturated rings. The summed E-state index contributed by atoms with van der Waals surface area (Å²) in [6, 6.07) is 7.38. The molecule has 1 unspecified atom stereocenters. The molecule has 1 aromatic heterocycles. The van der Waals surface area contributed by atoms with E-state index in [0.717, 1.165) is 0 Å². The molecule has 2 N–H and O–H groups in total. The van der Waals surface area contributed by atoms with Gasteiger partial charge in [0.2, 0.25) is 0 Å². The Bertz CT molecular complexity index is 558. The van der Waals surface area contributed by atoms with Crippen LogP contribution in [0.3, 0.4) is 0 Å². The first-order chi connectivity index (χ1) is 9.94. The number of anilines is 1. The van der Waals surface area contributed by atoms with Crippen molar-refractivity contribution in [2.45, 2.75) is 19.0 Å². The summed E-state index contributed by atoms with van der Waals surface area (Å²) in [5, 5.41) is 16.5. The topological polar surface area (TPSA) is 59.3 Å². The lowest BCUT2D eigenvalue weighted by atomic mass is 10.2. The smallest absolute Gasteiger partial charge is 0.404 e. The van der Waals surface area contributed by atoms with Gasteiger partial charge in [0.15, 0.2) is 5.75 Å². The number of hydrogen-bond donors (Lipinski definition) is 2. The highest BCUT2D eigenvalue weighted by molar-refractivity contribution is 5.56. The van der Waals surface area contributed by atoms with Crippen LogP contribution in [0.4, 0.5) is 18.9 Å². The van der Waals surface area contributed by atoms with Gasteiger partial charge < -0.3 is 15.2 Å². The zero-order chi connectivity index (χ0) is 15.3. The van der Waals surface area contributed by atoms with Crippen molar-refractivity contribution in [2.75, 3.05) is 11.9 Å². The molecule has 1 aromatic carbocycles. The van der Waals surface area contributed by atoms with E-state index in [-0.39, 0.29) is 24.5 Å². The number of aliphatic hydroxyl groups excluding tert-OH is 1. The molecule has 114 valence electrons. The van der Waals surface area contributed by atoms with E-state index in [1.165, 1.54) is 22.9 Å². The van der Waals surface area contributed by atoms with Gasteiger partial charge in [-0.05, 0) is 18.2 Å². The number of para-hydroxylation sites is 2. The first-order valence-electron chi connectivity index (χ1n) is 6.18. The number of rotatable bonds is 6. The number of benzene rings is 1. The largest absolute Gasteiger partial charge is 0.573 e. The van der Waals surface area contributed by atoms with E-state index >= 15 is 0 Å². The van der Waals surface area contributed by atoms with E-state index in [2.05, 4.69) is 15.2 Å². The van der Waals surface area contributed by atoms with Gasteiger partial charge in [-0.2, -0.15) is 5.10 Å². The third-order valence-electron chi connectivity index (χ3n) is 2.60. The Hall–Kier alpha value is -2.22. The number of nitrogens with one attached hydrogen (secondary N) is 1. The molecule has 2 rings (SSSR count). The third-order valence-corrected chi connectivity index (χ3v) is 2.60. The summed E-state index contributed by atoms with van der Waals surface area (Å²) in [6.45, 7) is 0.306. The second-order valence-electron chi connectivity index (χ2n) is 4.31. The van der Waals surface area contributed by atoms with Crippen molar-refractivity contribution in [1.29, 1.82) is 0 Å². The fourth-order valence-corrected chi connectivity index (χ4v) is 1.74. The lowest BCUT2D eigenvalue weighted by molar-refractivity contribution is -0.274. The molecular formula is C13H14F3N3O2. The number of aromatic nitrogens is 2. The summed E-state index contributed by atoms with van der Waals surface area (Å²) >= 11 is 0. The maximum atomic E-state index is 12.3. The Morgan fingerprint density at radius 2 is 2.05 bits per heavy atom. The summed E-state index contributed by atoms with van der Waals surface area (Å²) in [5.41, 5.74) is 0.161. The normalized spacial score (nSPS) is 13.0. The van der Waals surface area contributed by atoms with Gasteiger partial charge >= 0.3 is 6.36 Å². The van der Waals surface area contributed by atoms with E-state index in [4.69, 9.17) is 0 Å². The zero-order valence-electron chi connectivity index (χ0n) is 10.9. The lowest BCUT2D eigenvalue weighted by Crippen LogP contribution is -2.25. The SMILES string of the molecule is OC(CNc1ccccc1OC(F)(F)F)Cn1cccn1. The Morgan fingerprint density at radius 1 is 1.29 bits per heavy atom. The molecule has 0 aliphatic heterocycles. The van der Waals surface area contributed by atoms with Crippen LogP contribution < -0.4 is 10.1 Å². The fraction of sp³-hybridized carbons (Fsp3) is 0.308. The summed E-state index contributed by atoms with van der Waals surface area (Å²) in [5.74, 6) is -0.337. The van der Waals surface area contributed by atoms with E-state index in [1.807, 2.05) is 0 Å². The molecule has 0 radical (unpaired) electrons. The van der Waals surface area contributed by atoms with E-state index in [9.17, 15) is 18.3 Å². The minimum Gasteiger partial charge on any atom is -0.404 e. The minimum atomic E-state index is -4.76. The van der Waals surface area contributed by atoms with E-state index < -0.39 is 12.5 Å². The predicted octanol–water partition coefficient (Wildman–Crippen LogP) is 2.25. The minimum absolute atomic E-state index is 0.0676. The summed E-state index contributed by atoms with van der Waals surface area (Å²) < 4.78 is 42.2. The van der Waals surface area contributed by atoms with Crippen LogP contribution in [-0.2, 0) is 6.54 Å². The number of halogens is 3. The quantitative estimate of drug-likeness (QED) is 0.859. The second-order valence-corrected chi connectivity index (χ2v) is 4.31. The standard InChI is InChI=1S/C13H14F3N3O2/c14-13(15,16)21-12-5-2-1-4-11(12)17-8-10(20)9-19-7-3-6-18-19/h1-7,10,17,20H,8-9H2. The van der Waals surface area contributed by atoms with Gasteiger partial charge in [-0.3, -0.25) is 4.68 Å². The second kappa shape index (κ2) is 6.49. The molecule has 0 amide bonds. The van der Waals surface area contributed by atoms with Gasteiger partial charge in [-0.25, -0.2) is 0 Å². The Balaban J connectivity index is 1.93. The molecule has 5 nitrogen and oxygen atoms in total. The summed E-state index contributed by atoms with van der Waals surface area (Å²) in [7, 11) is 0. The molecule has 0 saturated heterocycles. The highest BCUT2D eigenvalue weighted by Gasteiger charge is 2.32. The van der Waals surface area contributed by atoms with Gasteiger partial charge in [-0.15, -0.1) is 13.2 Å². The molecular weight excluding hydrogens is 287 g/mol. The summed E-state index contributed by atoms with van der Waals surface area (Å²) in [4.78, 5) is 0. The first-order valence-corrected chi connectivity index (χ1v) is 6.18. The fourth-order valence-electron chi connectivity index (χ4n) is 1.74. The third kappa shape index (κ3) is 4.99. The van der Waals surface area contributed by atoms with Crippen molar-refractivity contribution >= 4 is 5.69 Å². The van der Waals surface area contributed by atoms with Gasteiger partial charge in [0.1, 0.15) is 0 Å². The van der Waals surface area contributed by atoms with Crippen molar-refractivity contribution in [3.63, 3.8) is 0 Å². The number of nitrogens with zero attached hydrogens (tertiary/aromatic N) is 2. The Morgan fingerprint density at radius 3 is 2.71 bits per heavy atom. The Labute approximate surface area is 119 Å². The van der Waals surface area contributed by atoms with E-state index in [1.54, 1.807) is 24.5 Å². The number of ether oxygens (including phenoxy) is 1. The molecule has 0 saturated carbocycles. The van der Waals surface area contributed by atoms with Crippen LogP contribution in [0.5, 0.6) is 5.75 Å². The van der Waals surface area contributed by atoms with Gasteiger partial charge in [0, 0.05) is 18.9 Å². The van der Waals surface area contributed by atoms with Crippen molar-refractivity contribution in [1.82, 2.24) is 9.78 Å². The van der Waals surface area contributed by atoms with Crippen LogP contribution in [0, 0.1) is 0 Å². The number of hydrogen-bond acceptors (Lipinski definition) is 4. The highest BCUT2D eigenvalue weighted by atomic mass is 19.4. The van der Waals surface area contributed by atoms with Crippen LogP contribution in [-0.4, -0.2) is 33.9 Å². The molecule has 8 heteroatoms. The van der Waals surface area contributed by atoms with Crippen LogP contribution in [0.25, 0.3) is 0 Å². The van der Waals surface area contributed by atoms with Crippen LogP contribution >= 0.6 is 0 Å². The number of alkyl halides is 3. The van der Waals surface area contributed by atoms with Crippen molar-refractivity contribution in [3.05, 3.63) is 42.7 Å². The monoisotopic (exact) mass is 301 g/mol. The highest BCUT2D eigenvalue weighted by Crippen LogP contribution is 2.29. The first kappa shape index (κ1) is 15.2. The van der Waals surface area contributed by atoms with Crippen molar-refractivity contribution in [2.24, 2.45) is 0 Å². The summed E-state index contributed by atoms with van der Waals surface area (Å²) in [6.07, 6.45) is -2.30. The maximum Gasteiger partial charge on any atom is 0.573 e. The van der Waals surface area contributed by atoms with Crippen LogP contribution in [0.15, 0.2) is 42.7 Å². The molecule has 1 heterocycles. The van der Waals surface area contributed by atoms with Gasteiger partial charge in [0.25, 0.3) is 0 Å². The van der Waals surface area contributed by atoms with Crippen molar-refractivity contribution < 1.29 is 23.0 Å². The lowest BCUT2D eigenvalue weighted by Gasteiger charge is -2.16. The maximum absolute atomic E-state index is 12.3. The zero-order valence-corrected chi connectivity index (χ0v) is 10.9. The van der Waals surface area contributed by atoms with Crippen LogP contribution in [0.2, 0.25) is 0 Å². The molecule has 0 aliphatic rings. The van der Waals surface area contributed by atoms with Gasteiger partial charge in [-0.1, -0.05) is 12.1 Å². The Kier molecular flexibility index (Phi) is 4.69. The molecule has 21 heavy (non-hydrogen) atoms. The number of aliphatic hydroxyl groups is 1. The van der Waals surface area contributed by atoms with Crippen LogP contribution in [0.1, 0.15) is 0 Å². The van der Waals surface area contributed by atoms with E-state index in [0.29, 0.717) is 0 Å². The predicted molar refractivity (Wildman–Crippen MR) is 69.8 cm³/mol. The molecule has 2 aromatic rings.